The Kier molecular flexibility index (Phi) is 9.18. The largest absolute Gasteiger partial charge is 0.493 e. The number of esters is 1. The SMILES string of the molecule is O=C(CCCCCC[C@H]1C(=O)CC[C@@H]1COc1ccccc1)OCCO. The lowest BCUT2D eigenvalue weighted by atomic mass is 9.90. The van der Waals surface area contributed by atoms with Crippen LogP contribution in [0.2, 0.25) is 0 Å². The minimum atomic E-state index is -0.247. The highest BCUT2D eigenvalue weighted by molar-refractivity contribution is 5.83. The zero-order valence-corrected chi connectivity index (χ0v) is 15.4. The van der Waals surface area contributed by atoms with E-state index in [9.17, 15) is 9.59 Å². The fourth-order valence-corrected chi connectivity index (χ4v) is 3.51. The van der Waals surface area contributed by atoms with Gasteiger partial charge in [0.05, 0.1) is 13.2 Å². The number of hydrogen-bond acceptors (Lipinski definition) is 5. The molecule has 1 N–H and O–H groups in total. The Hall–Kier alpha value is -1.88. The number of rotatable bonds is 12. The van der Waals surface area contributed by atoms with Crippen molar-refractivity contribution in [3.05, 3.63) is 30.3 Å². The molecule has 1 aromatic carbocycles. The van der Waals surface area contributed by atoms with E-state index < -0.39 is 0 Å². The predicted octanol–water partition coefficient (Wildman–Crippen LogP) is 3.54. The molecule has 0 radical (unpaired) electrons. The van der Waals surface area contributed by atoms with E-state index in [1.807, 2.05) is 30.3 Å². The maximum Gasteiger partial charge on any atom is 0.305 e. The second-order valence-corrected chi connectivity index (χ2v) is 6.89. The summed E-state index contributed by atoms with van der Waals surface area (Å²) in [7, 11) is 0. The molecule has 0 aliphatic heterocycles. The van der Waals surface area contributed by atoms with E-state index in [1.165, 1.54) is 0 Å². The van der Waals surface area contributed by atoms with Crippen molar-refractivity contribution < 1.29 is 24.2 Å². The molecule has 1 aliphatic rings. The van der Waals surface area contributed by atoms with Gasteiger partial charge in [0.1, 0.15) is 18.1 Å². The Morgan fingerprint density at radius 3 is 2.65 bits per heavy atom. The molecule has 1 fully saturated rings. The first-order valence-corrected chi connectivity index (χ1v) is 9.67. The van der Waals surface area contributed by atoms with E-state index in [2.05, 4.69) is 0 Å². The molecule has 1 aromatic rings. The number of Topliss-reactive ketones (excluding diaryl/α,β-unsaturated/α-hetero) is 1. The quantitative estimate of drug-likeness (QED) is 0.455. The van der Waals surface area contributed by atoms with E-state index in [1.54, 1.807) is 0 Å². The number of carbonyl (C=O) groups is 2. The van der Waals surface area contributed by atoms with Gasteiger partial charge < -0.3 is 14.6 Å². The molecule has 1 aliphatic carbocycles. The molecule has 1 saturated carbocycles. The molecule has 0 aromatic heterocycles. The van der Waals surface area contributed by atoms with Crippen LogP contribution in [0.3, 0.4) is 0 Å². The van der Waals surface area contributed by atoms with Crippen molar-refractivity contribution in [2.45, 2.75) is 51.4 Å². The van der Waals surface area contributed by atoms with Crippen LogP contribution < -0.4 is 4.74 Å². The molecule has 0 heterocycles. The zero-order valence-electron chi connectivity index (χ0n) is 15.4. The maximum absolute atomic E-state index is 12.2. The lowest BCUT2D eigenvalue weighted by Gasteiger charge is -2.19. The molecule has 2 rings (SSSR count). The average molecular weight is 362 g/mol. The monoisotopic (exact) mass is 362 g/mol. The van der Waals surface area contributed by atoms with Gasteiger partial charge in [-0.05, 0) is 31.4 Å². The smallest absolute Gasteiger partial charge is 0.305 e. The number of carbonyl (C=O) groups excluding carboxylic acids is 2. The lowest BCUT2D eigenvalue weighted by Crippen LogP contribution is -2.20. The number of aliphatic hydroxyl groups is 1. The summed E-state index contributed by atoms with van der Waals surface area (Å²) in [5.41, 5.74) is 0. The normalized spacial score (nSPS) is 19.5. The standard InChI is InChI=1S/C21H30O5/c22-14-15-25-21(24)11-7-2-1-6-10-19-17(12-13-20(19)23)16-26-18-8-4-3-5-9-18/h3-5,8-9,17,19,22H,1-2,6-7,10-16H2/t17-,19-/m1/s1. The van der Waals surface area contributed by atoms with Gasteiger partial charge in [0.25, 0.3) is 0 Å². The number of hydrogen-bond donors (Lipinski definition) is 1. The van der Waals surface area contributed by atoms with Crippen molar-refractivity contribution >= 4 is 11.8 Å². The Morgan fingerprint density at radius 2 is 1.88 bits per heavy atom. The number of unbranched alkanes of at least 4 members (excludes halogenated alkanes) is 3. The van der Waals surface area contributed by atoms with Crippen LogP contribution in [-0.2, 0) is 14.3 Å². The van der Waals surface area contributed by atoms with Crippen LogP contribution in [0.15, 0.2) is 30.3 Å². The van der Waals surface area contributed by atoms with Crippen LogP contribution >= 0.6 is 0 Å². The molecule has 0 saturated heterocycles. The summed E-state index contributed by atoms with van der Waals surface area (Å²) in [5.74, 6) is 1.42. The van der Waals surface area contributed by atoms with E-state index in [4.69, 9.17) is 14.6 Å². The summed E-state index contributed by atoms with van der Waals surface area (Å²) in [6.07, 6.45) is 6.68. The molecule has 5 nitrogen and oxygen atoms in total. The zero-order chi connectivity index (χ0) is 18.6. The summed E-state index contributed by atoms with van der Waals surface area (Å²) >= 11 is 0. The Balaban J connectivity index is 1.60. The first kappa shape index (κ1) is 20.4. The molecule has 144 valence electrons. The van der Waals surface area contributed by atoms with Crippen molar-refractivity contribution in [3.63, 3.8) is 0 Å². The molecule has 0 unspecified atom stereocenters. The van der Waals surface area contributed by atoms with Crippen molar-refractivity contribution in [1.29, 1.82) is 0 Å². The lowest BCUT2D eigenvalue weighted by molar-refractivity contribution is -0.144. The van der Waals surface area contributed by atoms with E-state index in [0.717, 1.165) is 44.3 Å². The van der Waals surface area contributed by atoms with Crippen LogP contribution in [0.1, 0.15) is 51.4 Å². The van der Waals surface area contributed by atoms with Gasteiger partial charge in [-0.1, -0.05) is 37.5 Å². The summed E-state index contributed by atoms with van der Waals surface area (Å²) < 4.78 is 10.7. The molecule has 2 atom stereocenters. The second kappa shape index (κ2) is 11.7. The third-order valence-corrected chi connectivity index (χ3v) is 4.95. The third-order valence-electron chi connectivity index (χ3n) is 4.95. The summed E-state index contributed by atoms with van der Waals surface area (Å²) in [4.78, 5) is 23.5. The average Bonchev–Trinajstić information content (AvgIpc) is 3.01. The van der Waals surface area contributed by atoms with Crippen LogP contribution in [0.25, 0.3) is 0 Å². The molecule has 26 heavy (non-hydrogen) atoms. The number of benzene rings is 1. The molecule has 0 spiro atoms. The molecular weight excluding hydrogens is 332 g/mol. The maximum atomic E-state index is 12.2. The Labute approximate surface area is 155 Å². The van der Waals surface area contributed by atoms with Crippen molar-refractivity contribution in [2.75, 3.05) is 19.8 Å². The summed E-state index contributed by atoms with van der Waals surface area (Å²) in [6, 6.07) is 9.74. The minimum Gasteiger partial charge on any atom is -0.493 e. The second-order valence-electron chi connectivity index (χ2n) is 6.89. The van der Waals surface area contributed by atoms with Crippen LogP contribution in [0, 0.1) is 11.8 Å². The topological polar surface area (TPSA) is 72.8 Å². The minimum absolute atomic E-state index is 0.0784. The first-order chi connectivity index (χ1) is 12.7. The van der Waals surface area contributed by atoms with E-state index >= 15 is 0 Å². The third kappa shape index (κ3) is 7.16. The Bertz CT molecular complexity index is 543. The van der Waals surface area contributed by atoms with Gasteiger partial charge >= 0.3 is 5.97 Å². The first-order valence-electron chi connectivity index (χ1n) is 9.67. The van der Waals surface area contributed by atoms with Crippen LogP contribution in [-0.4, -0.2) is 36.7 Å². The highest BCUT2D eigenvalue weighted by atomic mass is 16.5. The number of ether oxygens (including phenoxy) is 2. The molecular formula is C21H30O5. The highest BCUT2D eigenvalue weighted by Crippen LogP contribution is 2.33. The van der Waals surface area contributed by atoms with E-state index in [0.29, 0.717) is 31.1 Å². The van der Waals surface area contributed by atoms with Crippen LogP contribution in [0.4, 0.5) is 0 Å². The Morgan fingerprint density at radius 1 is 1.12 bits per heavy atom. The molecule has 0 amide bonds. The predicted molar refractivity (Wildman–Crippen MR) is 98.9 cm³/mol. The van der Waals surface area contributed by atoms with Gasteiger partial charge in [0.15, 0.2) is 0 Å². The van der Waals surface area contributed by atoms with Gasteiger partial charge in [-0.15, -0.1) is 0 Å². The number of aliphatic hydroxyl groups excluding tert-OH is 1. The fourth-order valence-electron chi connectivity index (χ4n) is 3.51. The van der Waals surface area contributed by atoms with Crippen molar-refractivity contribution in [3.8, 4) is 5.75 Å². The van der Waals surface area contributed by atoms with Gasteiger partial charge in [-0.3, -0.25) is 9.59 Å². The molecule has 0 bridgehead atoms. The summed E-state index contributed by atoms with van der Waals surface area (Å²) in [5, 5.41) is 8.59. The van der Waals surface area contributed by atoms with Crippen molar-refractivity contribution in [1.82, 2.24) is 0 Å². The van der Waals surface area contributed by atoms with Crippen molar-refractivity contribution in [2.24, 2.45) is 11.8 Å². The highest BCUT2D eigenvalue weighted by Gasteiger charge is 2.34. The van der Waals surface area contributed by atoms with E-state index in [-0.39, 0.29) is 25.1 Å². The van der Waals surface area contributed by atoms with Gasteiger partial charge in [-0.25, -0.2) is 0 Å². The fraction of sp³-hybridized carbons (Fsp3) is 0.619. The van der Waals surface area contributed by atoms with Crippen LogP contribution in [0.5, 0.6) is 5.75 Å². The van der Waals surface area contributed by atoms with Gasteiger partial charge in [-0.2, -0.15) is 0 Å². The summed E-state index contributed by atoms with van der Waals surface area (Å²) in [6.45, 7) is 0.558. The van der Waals surface area contributed by atoms with Gasteiger partial charge in [0.2, 0.25) is 0 Å². The number of para-hydroxylation sites is 1. The van der Waals surface area contributed by atoms with Gasteiger partial charge in [0, 0.05) is 24.7 Å². The number of ketones is 1. The molecule has 5 heteroatoms.